The van der Waals surface area contributed by atoms with Crippen LogP contribution >= 0.6 is 24.0 Å². The summed E-state index contributed by atoms with van der Waals surface area (Å²) in [5, 5.41) is 5.02. The zero-order valence-electron chi connectivity index (χ0n) is 10.3. The van der Waals surface area contributed by atoms with E-state index >= 15 is 0 Å². The topological polar surface area (TPSA) is 29.1 Å². The average molecular weight is 285 g/mol. The molecule has 0 aliphatic carbocycles. The quantitative estimate of drug-likeness (QED) is 0.639. The van der Waals surface area contributed by atoms with Crippen molar-refractivity contribution in [2.24, 2.45) is 0 Å². The van der Waals surface area contributed by atoms with E-state index in [1.54, 1.807) is 0 Å². The van der Waals surface area contributed by atoms with E-state index in [1.807, 2.05) is 25.1 Å². The fraction of sp³-hybridized carbons (Fsp3) is 0.0667. The Balaban J connectivity index is 2.11. The van der Waals surface area contributed by atoms with Crippen LogP contribution in [-0.4, -0.2) is 10.2 Å². The molecule has 4 heteroatoms. The van der Waals surface area contributed by atoms with Gasteiger partial charge >= 0.3 is 0 Å². The second-order valence-corrected chi connectivity index (χ2v) is 6.05. The summed E-state index contributed by atoms with van der Waals surface area (Å²) in [6, 6.07) is 14.4. The molecule has 0 atom stereocenters. The van der Waals surface area contributed by atoms with Crippen LogP contribution in [0.1, 0.15) is 12.5 Å². The Bertz CT molecular complexity index is 734. The third-order valence-corrected chi connectivity index (χ3v) is 4.47. The van der Waals surface area contributed by atoms with Crippen molar-refractivity contribution in [1.82, 2.24) is 5.32 Å². The lowest BCUT2D eigenvalue weighted by Gasteiger charge is -2.06. The molecule has 1 N–H and O–H groups in total. The first-order chi connectivity index (χ1) is 9.15. The van der Waals surface area contributed by atoms with Gasteiger partial charge in [-0.2, -0.15) is 0 Å². The molecule has 1 aliphatic heterocycles. The number of hydrogen-bond donors (Lipinski definition) is 1. The van der Waals surface area contributed by atoms with Crippen LogP contribution in [-0.2, 0) is 4.79 Å². The van der Waals surface area contributed by atoms with Crippen LogP contribution in [0.15, 0.2) is 47.4 Å². The molecule has 1 saturated heterocycles. The maximum Gasteiger partial charge on any atom is 0.263 e. The van der Waals surface area contributed by atoms with Crippen molar-refractivity contribution < 1.29 is 4.79 Å². The zero-order valence-corrected chi connectivity index (χ0v) is 11.9. The van der Waals surface area contributed by atoms with E-state index in [0.29, 0.717) is 9.23 Å². The first-order valence-electron chi connectivity index (χ1n) is 5.88. The highest BCUT2D eigenvalue weighted by Gasteiger charge is 2.24. The predicted octanol–water partition coefficient (Wildman–Crippen LogP) is 3.72. The third kappa shape index (κ3) is 2.29. The van der Waals surface area contributed by atoms with Crippen LogP contribution in [0.4, 0.5) is 0 Å². The largest absolute Gasteiger partial charge is 0.307 e. The SMILES string of the molecule is CC(=C1SC(=S)NC1=O)c1ccc2ccccc2c1. The summed E-state index contributed by atoms with van der Waals surface area (Å²) in [5.74, 6) is -0.0966. The van der Waals surface area contributed by atoms with Crippen LogP contribution in [0.3, 0.4) is 0 Å². The summed E-state index contributed by atoms with van der Waals surface area (Å²) in [5.41, 5.74) is 2.02. The summed E-state index contributed by atoms with van der Waals surface area (Å²) in [7, 11) is 0. The molecule has 0 bridgehead atoms. The van der Waals surface area contributed by atoms with Crippen molar-refractivity contribution >= 4 is 50.6 Å². The van der Waals surface area contributed by atoms with Crippen molar-refractivity contribution in [2.75, 3.05) is 0 Å². The number of rotatable bonds is 1. The number of thioether (sulfide) groups is 1. The lowest BCUT2D eigenvalue weighted by molar-refractivity contribution is -0.115. The summed E-state index contributed by atoms with van der Waals surface area (Å²) in [6.07, 6.45) is 0. The van der Waals surface area contributed by atoms with Crippen LogP contribution in [0.25, 0.3) is 16.3 Å². The summed E-state index contributed by atoms with van der Waals surface area (Å²) < 4.78 is 0.528. The molecule has 3 rings (SSSR count). The average Bonchev–Trinajstić information content (AvgIpc) is 2.76. The van der Waals surface area contributed by atoms with Crippen LogP contribution in [0, 0.1) is 0 Å². The van der Waals surface area contributed by atoms with Gasteiger partial charge in [-0.3, -0.25) is 4.79 Å². The van der Waals surface area contributed by atoms with Crippen molar-refractivity contribution in [2.45, 2.75) is 6.92 Å². The first kappa shape index (κ1) is 12.4. The van der Waals surface area contributed by atoms with E-state index in [4.69, 9.17) is 12.2 Å². The van der Waals surface area contributed by atoms with Gasteiger partial charge in [-0.25, -0.2) is 0 Å². The smallest absolute Gasteiger partial charge is 0.263 e. The molecular formula is C15H11NOS2. The molecule has 2 aromatic rings. The molecule has 0 unspecified atom stereocenters. The highest BCUT2D eigenvalue weighted by Crippen LogP contribution is 2.32. The van der Waals surface area contributed by atoms with Crippen molar-refractivity contribution in [3.8, 4) is 0 Å². The van der Waals surface area contributed by atoms with Gasteiger partial charge in [-0.1, -0.05) is 60.4 Å². The number of thiocarbonyl (C=S) groups is 1. The Morgan fingerprint density at radius 3 is 2.58 bits per heavy atom. The summed E-state index contributed by atoms with van der Waals surface area (Å²) >= 11 is 6.35. The van der Waals surface area contributed by atoms with Crippen LogP contribution in [0.2, 0.25) is 0 Å². The Morgan fingerprint density at radius 1 is 1.16 bits per heavy atom. The minimum absolute atomic E-state index is 0.0966. The third-order valence-electron chi connectivity index (χ3n) is 3.14. The van der Waals surface area contributed by atoms with Crippen LogP contribution < -0.4 is 5.32 Å². The van der Waals surface area contributed by atoms with Gasteiger partial charge in [0.2, 0.25) is 0 Å². The second-order valence-electron chi connectivity index (χ2n) is 4.36. The first-order valence-corrected chi connectivity index (χ1v) is 7.11. The maximum absolute atomic E-state index is 11.8. The van der Waals surface area contributed by atoms with Gasteiger partial charge in [0, 0.05) is 0 Å². The molecule has 1 amide bonds. The molecule has 0 radical (unpaired) electrons. The molecule has 0 spiro atoms. The number of amides is 1. The van der Waals surface area contributed by atoms with Crippen molar-refractivity contribution in [3.63, 3.8) is 0 Å². The number of fused-ring (bicyclic) bond motifs is 1. The minimum Gasteiger partial charge on any atom is -0.307 e. The van der Waals surface area contributed by atoms with Gasteiger partial charge in [0.05, 0.1) is 4.91 Å². The second kappa shape index (κ2) is 4.79. The number of hydrogen-bond acceptors (Lipinski definition) is 3. The lowest BCUT2D eigenvalue weighted by atomic mass is 10.0. The molecule has 1 aliphatic rings. The van der Waals surface area contributed by atoms with Crippen molar-refractivity contribution in [1.29, 1.82) is 0 Å². The van der Waals surface area contributed by atoms with Gasteiger partial charge in [0.1, 0.15) is 4.32 Å². The van der Waals surface area contributed by atoms with E-state index in [2.05, 4.69) is 29.6 Å². The van der Waals surface area contributed by atoms with E-state index < -0.39 is 0 Å². The molecule has 2 nitrogen and oxygen atoms in total. The summed E-state index contributed by atoms with van der Waals surface area (Å²) in [4.78, 5) is 12.5. The number of allylic oxidation sites excluding steroid dienone is 1. The molecule has 1 fully saturated rings. The van der Waals surface area contributed by atoms with E-state index in [0.717, 1.165) is 11.1 Å². The van der Waals surface area contributed by atoms with Gasteiger partial charge < -0.3 is 5.32 Å². The number of carbonyl (C=O) groups is 1. The van der Waals surface area contributed by atoms with Gasteiger partial charge in [0.15, 0.2) is 0 Å². The highest BCUT2D eigenvalue weighted by atomic mass is 32.2. The molecule has 1 heterocycles. The Morgan fingerprint density at radius 2 is 1.89 bits per heavy atom. The fourth-order valence-electron chi connectivity index (χ4n) is 2.11. The lowest BCUT2D eigenvalue weighted by Crippen LogP contribution is -2.18. The normalized spacial score (nSPS) is 17.7. The van der Waals surface area contributed by atoms with E-state index in [1.165, 1.54) is 22.5 Å². The van der Waals surface area contributed by atoms with Crippen LogP contribution in [0.5, 0.6) is 0 Å². The molecule has 0 aromatic heterocycles. The highest BCUT2D eigenvalue weighted by molar-refractivity contribution is 8.26. The fourth-order valence-corrected chi connectivity index (χ4v) is 3.20. The molecule has 94 valence electrons. The van der Waals surface area contributed by atoms with Gasteiger partial charge in [0.25, 0.3) is 5.91 Å². The Kier molecular flexibility index (Phi) is 3.12. The maximum atomic E-state index is 11.8. The number of nitrogens with one attached hydrogen (secondary N) is 1. The van der Waals surface area contributed by atoms with Crippen molar-refractivity contribution in [3.05, 3.63) is 52.9 Å². The van der Waals surface area contributed by atoms with E-state index in [9.17, 15) is 4.79 Å². The minimum atomic E-state index is -0.0966. The Hall–Kier alpha value is -1.65. The molecule has 19 heavy (non-hydrogen) atoms. The zero-order chi connectivity index (χ0) is 13.4. The standard InChI is InChI=1S/C15H11NOS2/c1-9(13-14(17)16-15(18)19-13)11-7-6-10-4-2-3-5-12(10)8-11/h2-8H,1H3,(H,16,17,18). The monoisotopic (exact) mass is 285 g/mol. The summed E-state index contributed by atoms with van der Waals surface area (Å²) in [6.45, 7) is 1.96. The predicted molar refractivity (Wildman–Crippen MR) is 84.9 cm³/mol. The Labute approximate surface area is 120 Å². The number of benzene rings is 2. The molecule has 2 aromatic carbocycles. The van der Waals surface area contributed by atoms with Gasteiger partial charge in [-0.05, 0) is 34.9 Å². The van der Waals surface area contributed by atoms with Gasteiger partial charge in [-0.15, -0.1) is 0 Å². The molecule has 0 saturated carbocycles. The van der Waals surface area contributed by atoms with E-state index in [-0.39, 0.29) is 5.91 Å². The molecular weight excluding hydrogens is 274 g/mol. The number of carbonyl (C=O) groups excluding carboxylic acids is 1.